The molecule has 0 aliphatic heterocycles. The maximum atomic E-state index is 12.0. The zero-order chi connectivity index (χ0) is 13.0. The zero-order valence-electron chi connectivity index (χ0n) is 10.2. The molecule has 5 nitrogen and oxygen atoms in total. The number of H-pyrrole nitrogens is 1. The van der Waals surface area contributed by atoms with Gasteiger partial charge in [0.05, 0.1) is 0 Å². The Morgan fingerprint density at radius 1 is 1.44 bits per heavy atom. The van der Waals surface area contributed by atoms with E-state index in [1.54, 1.807) is 6.07 Å². The third-order valence-electron chi connectivity index (χ3n) is 3.52. The van der Waals surface area contributed by atoms with Gasteiger partial charge >= 0.3 is 0 Å². The zero-order valence-corrected chi connectivity index (χ0v) is 10.2. The summed E-state index contributed by atoms with van der Waals surface area (Å²) in [5, 5.41) is 12.1. The first-order chi connectivity index (χ1) is 8.72. The number of amides is 1. The van der Waals surface area contributed by atoms with Crippen molar-refractivity contribution in [1.82, 2.24) is 10.3 Å². The molecule has 1 heterocycles. The van der Waals surface area contributed by atoms with Crippen molar-refractivity contribution in [2.24, 2.45) is 5.92 Å². The van der Waals surface area contributed by atoms with Crippen LogP contribution in [0.15, 0.2) is 23.1 Å². The van der Waals surface area contributed by atoms with E-state index in [-0.39, 0.29) is 35.6 Å². The lowest BCUT2D eigenvalue weighted by Gasteiger charge is -2.30. The van der Waals surface area contributed by atoms with Crippen LogP contribution in [0.3, 0.4) is 0 Å². The monoisotopic (exact) mass is 250 g/mol. The number of aliphatic hydroxyl groups excluding tert-OH is 1. The summed E-state index contributed by atoms with van der Waals surface area (Å²) in [6.45, 7) is 0.0795. The molecule has 1 aromatic heterocycles. The fourth-order valence-electron chi connectivity index (χ4n) is 2.46. The summed E-state index contributed by atoms with van der Waals surface area (Å²) < 4.78 is 0. The van der Waals surface area contributed by atoms with Crippen molar-refractivity contribution in [2.45, 2.75) is 31.7 Å². The average Bonchev–Trinajstić information content (AvgIpc) is 2.39. The molecule has 1 aromatic rings. The minimum absolute atomic E-state index is 0.0316. The van der Waals surface area contributed by atoms with E-state index in [0.717, 1.165) is 25.7 Å². The first-order valence-corrected chi connectivity index (χ1v) is 6.32. The Hall–Kier alpha value is -1.62. The molecule has 1 fully saturated rings. The smallest absolute Gasteiger partial charge is 0.260 e. The Morgan fingerprint density at radius 2 is 2.22 bits per heavy atom. The standard InChI is InChI=1S/C13H18N2O3/c16-8-9-4-1-2-6-11(9)15-13(18)10-5-3-7-14-12(10)17/h3,5,7,9,11,16H,1-2,4,6,8H2,(H,14,17)(H,15,18). The topological polar surface area (TPSA) is 82.2 Å². The van der Waals surface area contributed by atoms with Gasteiger partial charge in [0.25, 0.3) is 11.5 Å². The predicted molar refractivity (Wildman–Crippen MR) is 67.4 cm³/mol. The lowest BCUT2D eigenvalue weighted by molar-refractivity contribution is 0.0871. The summed E-state index contributed by atoms with van der Waals surface area (Å²) in [6, 6.07) is 3.10. The molecule has 1 amide bonds. The molecule has 18 heavy (non-hydrogen) atoms. The van der Waals surface area contributed by atoms with Crippen LogP contribution in [0.5, 0.6) is 0 Å². The second-order valence-electron chi connectivity index (χ2n) is 4.72. The minimum atomic E-state index is -0.383. The van der Waals surface area contributed by atoms with Crippen LogP contribution in [-0.4, -0.2) is 28.6 Å². The van der Waals surface area contributed by atoms with Gasteiger partial charge in [0.1, 0.15) is 5.56 Å². The molecule has 0 radical (unpaired) electrons. The van der Waals surface area contributed by atoms with Gasteiger partial charge in [-0.3, -0.25) is 9.59 Å². The maximum absolute atomic E-state index is 12.0. The largest absolute Gasteiger partial charge is 0.396 e. The van der Waals surface area contributed by atoms with Crippen LogP contribution in [0, 0.1) is 5.92 Å². The highest BCUT2D eigenvalue weighted by Crippen LogP contribution is 2.24. The van der Waals surface area contributed by atoms with Crippen molar-refractivity contribution in [3.63, 3.8) is 0 Å². The number of carbonyl (C=O) groups is 1. The van der Waals surface area contributed by atoms with Gasteiger partial charge in [-0.05, 0) is 25.0 Å². The Kier molecular flexibility index (Phi) is 4.15. The number of hydrogen-bond donors (Lipinski definition) is 3. The van der Waals surface area contributed by atoms with Crippen molar-refractivity contribution in [3.05, 3.63) is 34.2 Å². The molecule has 3 N–H and O–H groups in total. The molecule has 2 atom stereocenters. The van der Waals surface area contributed by atoms with E-state index in [0.29, 0.717) is 0 Å². The quantitative estimate of drug-likeness (QED) is 0.737. The summed E-state index contributed by atoms with van der Waals surface area (Å²) in [5.74, 6) is -0.257. The Labute approximate surface area is 105 Å². The van der Waals surface area contributed by atoms with Gasteiger partial charge in [-0.25, -0.2) is 0 Å². The maximum Gasteiger partial charge on any atom is 0.260 e. The van der Waals surface area contributed by atoms with Crippen LogP contribution in [-0.2, 0) is 0 Å². The van der Waals surface area contributed by atoms with E-state index in [1.807, 2.05) is 0 Å². The number of hydrogen-bond acceptors (Lipinski definition) is 3. The molecule has 0 saturated heterocycles. The third-order valence-corrected chi connectivity index (χ3v) is 3.52. The number of rotatable bonds is 3. The molecule has 5 heteroatoms. The fourth-order valence-corrected chi connectivity index (χ4v) is 2.46. The predicted octanol–water partition coefficient (Wildman–Crippen LogP) is 0.656. The van der Waals surface area contributed by atoms with Gasteiger partial charge in [0.15, 0.2) is 0 Å². The summed E-state index contributed by atoms with van der Waals surface area (Å²) in [7, 11) is 0. The van der Waals surface area contributed by atoms with E-state index in [9.17, 15) is 14.7 Å². The molecular weight excluding hydrogens is 232 g/mol. The fraction of sp³-hybridized carbons (Fsp3) is 0.538. The number of aromatic nitrogens is 1. The van der Waals surface area contributed by atoms with Crippen LogP contribution >= 0.6 is 0 Å². The van der Waals surface area contributed by atoms with Crippen molar-refractivity contribution in [2.75, 3.05) is 6.61 Å². The van der Waals surface area contributed by atoms with Crippen molar-refractivity contribution in [1.29, 1.82) is 0 Å². The van der Waals surface area contributed by atoms with E-state index >= 15 is 0 Å². The summed E-state index contributed by atoms with van der Waals surface area (Å²) in [6.07, 6.45) is 5.42. The molecule has 1 aliphatic rings. The number of carbonyl (C=O) groups excluding carboxylic acids is 1. The van der Waals surface area contributed by atoms with E-state index < -0.39 is 0 Å². The summed E-state index contributed by atoms with van der Waals surface area (Å²) >= 11 is 0. The molecule has 0 aromatic carbocycles. The van der Waals surface area contributed by atoms with Gasteiger partial charge in [0.2, 0.25) is 0 Å². The normalized spacial score (nSPS) is 23.6. The summed E-state index contributed by atoms with van der Waals surface area (Å²) in [4.78, 5) is 25.9. The highest BCUT2D eigenvalue weighted by atomic mass is 16.3. The van der Waals surface area contributed by atoms with Crippen molar-refractivity contribution in [3.8, 4) is 0 Å². The van der Waals surface area contributed by atoms with Gasteiger partial charge < -0.3 is 15.4 Å². The molecule has 0 bridgehead atoms. The van der Waals surface area contributed by atoms with Gasteiger partial charge in [-0.1, -0.05) is 12.8 Å². The molecule has 2 rings (SSSR count). The number of aliphatic hydroxyl groups is 1. The number of pyridine rings is 1. The van der Waals surface area contributed by atoms with Crippen molar-refractivity contribution >= 4 is 5.91 Å². The number of aromatic amines is 1. The van der Waals surface area contributed by atoms with Crippen LogP contribution in [0.2, 0.25) is 0 Å². The Bertz CT molecular complexity index is 469. The SMILES string of the molecule is O=C(NC1CCCCC1CO)c1ccc[nH]c1=O. The minimum Gasteiger partial charge on any atom is -0.396 e. The third kappa shape index (κ3) is 2.79. The lowest BCUT2D eigenvalue weighted by Crippen LogP contribution is -2.44. The molecule has 2 unspecified atom stereocenters. The summed E-state index contributed by atoms with van der Waals surface area (Å²) in [5.41, 5.74) is -0.258. The van der Waals surface area contributed by atoms with Crippen LogP contribution in [0.4, 0.5) is 0 Å². The second kappa shape index (κ2) is 5.82. The first kappa shape index (κ1) is 12.8. The molecule has 98 valence electrons. The average molecular weight is 250 g/mol. The van der Waals surface area contributed by atoms with Crippen LogP contribution in [0.25, 0.3) is 0 Å². The Morgan fingerprint density at radius 3 is 2.94 bits per heavy atom. The van der Waals surface area contributed by atoms with Gasteiger partial charge in [-0.2, -0.15) is 0 Å². The highest BCUT2D eigenvalue weighted by Gasteiger charge is 2.26. The van der Waals surface area contributed by atoms with Gasteiger partial charge in [0, 0.05) is 24.8 Å². The molecule has 1 saturated carbocycles. The molecule has 1 aliphatic carbocycles. The van der Waals surface area contributed by atoms with Crippen LogP contribution < -0.4 is 10.9 Å². The number of nitrogens with one attached hydrogen (secondary N) is 2. The van der Waals surface area contributed by atoms with E-state index in [1.165, 1.54) is 12.3 Å². The lowest BCUT2D eigenvalue weighted by atomic mass is 9.85. The highest BCUT2D eigenvalue weighted by molar-refractivity contribution is 5.93. The Balaban J connectivity index is 2.07. The van der Waals surface area contributed by atoms with Gasteiger partial charge in [-0.15, -0.1) is 0 Å². The molecular formula is C13H18N2O3. The second-order valence-corrected chi connectivity index (χ2v) is 4.72. The van der Waals surface area contributed by atoms with E-state index in [4.69, 9.17) is 0 Å². The van der Waals surface area contributed by atoms with Crippen LogP contribution in [0.1, 0.15) is 36.0 Å². The first-order valence-electron chi connectivity index (χ1n) is 6.32. The van der Waals surface area contributed by atoms with Crippen molar-refractivity contribution < 1.29 is 9.90 Å². The molecule has 0 spiro atoms. The van der Waals surface area contributed by atoms with E-state index in [2.05, 4.69) is 10.3 Å².